The number of hydrogen-bond acceptors (Lipinski definition) is 4. The van der Waals surface area contributed by atoms with E-state index < -0.39 is 5.82 Å². The van der Waals surface area contributed by atoms with Gasteiger partial charge in [-0.3, -0.25) is 9.59 Å². The molecule has 0 aliphatic carbocycles. The van der Waals surface area contributed by atoms with Gasteiger partial charge >= 0.3 is 5.97 Å². The van der Waals surface area contributed by atoms with Crippen LogP contribution in [0.25, 0.3) is 0 Å². The van der Waals surface area contributed by atoms with Crippen molar-refractivity contribution in [2.24, 2.45) is 0 Å². The highest BCUT2D eigenvalue weighted by Crippen LogP contribution is 2.16. The summed E-state index contributed by atoms with van der Waals surface area (Å²) in [5.74, 6) is -1.11. The normalized spacial score (nSPS) is 17.0. The second-order valence-corrected chi connectivity index (χ2v) is 5.45. The quantitative estimate of drug-likeness (QED) is 0.723. The molecule has 1 aliphatic heterocycles. The molecular formula is C17H22FNO4. The van der Waals surface area contributed by atoms with E-state index in [1.165, 1.54) is 18.2 Å². The number of nitrogens with zero attached hydrogens (tertiary/aromatic N) is 1. The van der Waals surface area contributed by atoms with Gasteiger partial charge in [0.05, 0.1) is 19.1 Å². The first-order valence-electron chi connectivity index (χ1n) is 7.92. The van der Waals surface area contributed by atoms with E-state index in [1.54, 1.807) is 17.9 Å². The molecule has 126 valence electrons. The molecular weight excluding hydrogens is 301 g/mol. The minimum Gasteiger partial charge on any atom is -0.466 e. The van der Waals surface area contributed by atoms with Crippen molar-refractivity contribution in [3.8, 4) is 0 Å². The van der Waals surface area contributed by atoms with Gasteiger partial charge in [0.15, 0.2) is 0 Å². The smallest absolute Gasteiger partial charge is 0.307 e. The SMILES string of the molecule is CCOC(=O)CCN(CC1CCCO1)C(=O)c1cccc(F)c1. The van der Waals surface area contributed by atoms with Gasteiger partial charge in [0.1, 0.15) is 5.82 Å². The van der Waals surface area contributed by atoms with Crippen molar-refractivity contribution in [2.45, 2.75) is 32.3 Å². The molecule has 1 aliphatic rings. The van der Waals surface area contributed by atoms with Crippen molar-refractivity contribution in [3.63, 3.8) is 0 Å². The van der Waals surface area contributed by atoms with Crippen molar-refractivity contribution in [1.29, 1.82) is 0 Å². The molecule has 1 aromatic rings. The van der Waals surface area contributed by atoms with E-state index in [1.807, 2.05) is 0 Å². The van der Waals surface area contributed by atoms with E-state index in [4.69, 9.17) is 9.47 Å². The van der Waals surface area contributed by atoms with Gasteiger partial charge < -0.3 is 14.4 Å². The summed E-state index contributed by atoms with van der Waals surface area (Å²) in [5, 5.41) is 0. The lowest BCUT2D eigenvalue weighted by atomic mass is 10.1. The predicted molar refractivity (Wildman–Crippen MR) is 82.5 cm³/mol. The van der Waals surface area contributed by atoms with Crippen LogP contribution in [0.1, 0.15) is 36.5 Å². The van der Waals surface area contributed by atoms with Crippen molar-refractivity contribution in [2.75, 3.05) is 26.3 Å². The average Bonchev–Trinajstić information content (AvgIpc) is 3.04. The van der Waals surface area contributed by atoms with Gasteiger partial charge in [-0.15, -0.1) is 0 Å². The van der Waals surface area contributed by atoms with Crippen LogP contribution in [0.4, 0.5) is 4.39 Å². The molecule has 1 atom stereocenters. The highest BCUT2D eigenvalue weighted by molar-refractivity contribution is 5.94. The van der Waals surface area contributed by atoms with Gasteiger partial charge in [0.2, 0.25) is 0 Å². The fourth-order valence-corrected chi connectivity index (χ4v) is 2.57. The van der Waals surface area contributed by atoms with Gasteiger partial charge in [0, 0.05) is 25.3 Å². The van der Waals surface area contributed by atoms with Gasteiger partial charge in [-0.05, 0) is 38.0 Å². The highest BCUT2D eigenvalue weighted by Gasteiger charge is 2.24. The zero-order chi connectivity index (χ0) is 16.7. The molecule has 1 amide bonds. The van der Waals surface area contributed by atoms with Crippen molar-refractivity contribution >= 4 is 11.9 Å². The van der Waals surface area contributed by atoms with Crippen LogP contribution in [0, 0.1) is 5.82 Å². The number of carbonyl (C=O) groups is 2. The molecule has 1 heterocycles. The summed E-state index contributed by atoms with van der Waals surface area (Å²) in [6.45, 7) is 3.36. The second-order valence-electron chi connectivity index (χ2n) is 5.45. The van der Waals surface area contributed by atoms with Crippen LogP contribution in [0.5, 0.6) is 0 Å². The van der Waals surface area contributed by atoms with Crippen LogP contribution >= 0.6 is 0 Å². The van der Waals surface area contributed by atoms with Gasteiger partial charge in [0.25, 0.3) is 5.91 Å². The third kappa shape index (κ3) is 5.32. The zero-order valence-electron chi connectivity index (χ0n) is 13.3. The van der Waals surface area contributed by atoms with Crippen LogP contribution in [-0.4, -0.2) is 49.2 Å². The Morgan fingerprint density at radius 1 is 1.43 bits per heavy atom. The van der Waals surface area contributed by atoms with Crippen LogP contribution in [0.3, 0.4) is 0 Å². The van der Waals surface area contributed by atoms with Crippen LogP contribution in [0.2, 0.25) is 0 Å². The molecule has 0 spiro atoms. The van der Waals surface area contributed by atoms with Crippen molar-refractivity contribution in [3.05, 3.63) is 35.6 Å². The molecule has 5 nitrogen and oxygen atoms in total. The summed E-state index contributed by atoms with van der Waals surface area (Å²) >= 11 is 0. The molecule has 0 bridgehead atoms. The number of esters is 1. The first-order valence-corrected chi connectivity index (χ1v) is 7.92. The van der Waals surface area contributed by atoms with Gasteiger partial charge in [-0.2, -0.15) is 0 Å². The highest BCUT2D eigenvalue weighted by atomic mass is 19.1. The molecule has 6 heteroatoms. The zero-order valence-corrected chi connectivity index (χ0v) is 13.3. The minimum absolute atomic E-state index is 0.0327. The second kappa shape index (κ2) is 8.62. The van der Waals surface area contributed by atoms with E-state index in [0.717, 1.165) is 12.8 Å². The molecule has 0 saturated carbocycles. The first-order chi connectivity index (χ1) is 11.1. The third-order valence-electron chi connectivity index (χ3n) is 3.70. The monoisotopic (exact) mass is 323 g/mol. The van der Waals surface area contributed by atoms with Gasteiger partial charge in [-0.1, -0.05) is 6.07 Å². The van der Waals surface area contributed by atoms with Gasteiger partial charge in [-0.25, -0.2) is 4.39 Å². The van der Waals surface area contributed by atoms with E-state index in [2.05, 4.69) is 0 Å². The van der Waals surface area contributed by atoms with Crippen LogP contribution in [-0.2, 0) is 14.3 Å². The Kier molecular flexibility index (Phi) is 6.52. The van der Waals surface area contributed by atoms with E-state index >= 15 is 0 Å². The summed E-state index contributed by atoms with van der Waals surface area (Å²) in [6, 6.07) is 5.56. The standard InChI is InChI=1S/C17H22FNO4/c1-2-22-16(20)8-9-19(12-15-7-4-10-23-15)17(21)13-5-3-6-14(18)11-13/h3,5-6,11,15H,2,4,7-10,12H2,1H3. The maximum absolute atomic E-state index is 13.3. The lowest BCUT2D eigenvalue weighted by Crippen LogP contribution is -2.39. The molecule has 1 saturated heterocycles. The third-order valence-corrected chi connectivity index (χ3v) is 3.70. The number of halogens is 1. The number of amides is 1. The first kappa shape index (κ1) is 17.4. The Labute approximate surface area is 135 Å². The van der Waals surface area contributed by atoms with Crippen molar-refractivity contribution < 1.29 is 23.5 Å². The Balaban J connectivity index is 2.04. The molecule has 23 heavy (non-hydrogen) atoms. The van der Waals surface area contributed by atoms with E-state index in [0.29, 0.717) is 19.8 Å². The lowest BCUT2D eigenvalue weighted by Gasteiger charge is -2.25. The topological polar surface area (TPSA) is 55.8 Å². The summed E-state index contributed by atoms with van der Waals surface area (Å²) in [4.78, 5) is 25.7. The predicted octanol–water partition coefficient (Wildman–Crippen LogP) is 2.40. The molecule has 0 radical (unpaired) electrons. The summed E-state index contributed by atoms with van der Waals surface area (Å²) in [6.07, 6.45) is 1.92. The summed E-state index contributed by atoms with van der Waals surface area (Å²) < 4.78 is 23.8. The number of hydrogen-bond donors (Lipinski definition) is 0. The molecule has 1 fully saturated rings. The molecule has 0 N–H and O–H groups in total. The molecule has 1 unspecified atom stereocenters. The fourth-order valence-electron chi connectivity index (χ4n) is 2.57. The Hall–Kier alpha value is -1.95. The maximum atomic E-state index is 13.3. The summed E-state index contributed by atoms with van der Waals surface area (Å²) in [7, 11) is 0. The minimum atomic E-state index is -0.460. The van der Waals surface area contributed by atoms with Crippen LogP contribution in [0.15, 0.2) is 24.3 Å². The fraction of sp³-hybridized carbons (Fsp3) is 0.529. The number of benzene rings is 1. The molecule has 0 aromatic heterocycles. The Morgan fingerprint density at radius 3 is 2.91 bits per heavy atom. The number of ether oxygens (including phenoxy) is 2. The number of carbonyl (C=O) groups excluding carboxylic acids is 2. The van der Waals surface area contributed by atoms with E-state index in [-0.39, 0.29) is 36.5 Å². The summed E-state index contributed by atoms with van der Waals surface area (Å²) in [5.41, 5.74) is 0.270. The maximum Gasteiger partial charge on any atom is 0.307 e. The number of rotatable bonds is 7. The van der Waals surface area contributed by atoms with Crippen molar-refractivity contribution in [1.82, 2.24) is 4.90 Å². The lowest BCUT2D eigenvalue weighted by molar-refractivity contribution is -0.143. The average molecular weight is 323 g/mol. The molecule has 1 aromatic carbocycles. The van der Waals surface area contributed by atoms with Crippen LogP contribution < -0.4 is 0 Å². The molecule has 2 rings (SSSR count). The Bertz CT molecular complexity index is 543. The van der Waals surface area contributed by atoms with E-state index in [9.17, 15) is 14.0 Å². The largest absolute Gasteiger partial charge is 0.466 e. The Morgan fingerprint density at radius 2 is 2.26 bits per heavy atom.